The molecular weight excluding hydrogens is 262 g/mol. The topological polar surface area (TPSA) is 38.3 Å². The molecule has 3 heteroatoms. The lowest BCUT2D eigenvalue weighted by molar-refractivity contribution is -0.145. The van der Waals surface area contributed by atoms with Crippen molar-refractivity contribution < 1.29 is 9.53 Å². The Morgan fingerprint density at radius 3 is 2.52 bits per heavy atom. The molecule has 21 heavy (non-hydrogen) atoms. The van der Waals surface area contributed by atoms with Gasteiger partial charge in [-0.1, -0.05) is 45.8 Å². The lowest BCUT2D eigenvalue weighted by Crippen LogP contribution is -2.26. The van der Waals surface area contributed by atoms with Gasteiger partial charge in [0.2, 0.25) is 0 Å². The van der Waals surface area contributed by atoms with Gasteiger partial charge in [0.15, 0.2) is 0 Å². The van der Waals surface area contributed by atoms with Gasteiger partial charge in [-0.3, -0.25) is 4.79 Å². The Labute approximate surface area is 130 Å². The minimum atomic E-state index is -0.0963. The van der Waals surface area contributed by atoms with Crippen LogP contribution in [0.4, 0.5) is 0 Å². The first-order valence-electron chi connectivity index (χ1n) is 8.21. The van der Waals surface area contributed by atoms with Crippen molar-refractivity contribution in [2.45, 2.75) is 72.6 Å². The summed E-state index contributed by atoms with van der Waals surface area (Å²) in [6, 6.07) is 0. The van der Waals surface area contributed by atoms with Crippen LogP contribution in [0.1, 0.15) is 72.6 Å². The zero-order valence-electron chi connectivity index (χ0n) is 14.6. The average molecular weight is 295 g/mol. The van der Waals surface area contributed by atoms with Crippen molar-refractivity contribution in [1.29, 1.82) is 0 Å². The van der Waals surface area contributed by atoms with Crippen LogP contribution in [-0.2, 0) is 9.53 Å². The minimum Gasteiger partial charge on any atom is -0.469 e. The van der Waals surface area contributed by atoms with Crippen LogP contribution >= 0.6 is 0 Å². The van der Waals surface area contributed by atoms with Gasteiger partial charge in [-0.15, -0.1) is 0 Å². The Balaban J connectivity index is 0.00000122. The minimum absolute atomic E-state index is 0.000162. The number of allylic oxidation sites excluding steroid dienone is 3. The van der Waals surface area contributed by atoms with Crippen molar-refractivity contribution in [3.05, 3.63) is 23.5 Å². The Morgan fingerprint density at radius 2 is 2.00 bits per heavy atom. The summed E-state index contributed by atoms with van der Waals surface area (Å²) in [7, 11) is 1.46. The number of hydrogen-bond acceptors (Lipinski definition) is 3. The molecule has 1 aliphatic carbocycles. The first-order valence-corrected chi connectivity index (χ1v) is 8.21. The molecular formula is C18H33NO2. The van der Waals surface area contributed by atoms with Gasteiger partial charge in [-0.2, -0.15) is 0 Å². The third-order valence-electron chi connectivity index (χ3n) is 3.53. The summed E-state index contributed by atoms with van der Waals surface area (Å²) in [6.07, 6.45) is 7.18. The number of ether oxygens (including phenoxy) is 1. The number of carbonyl (C=O) groups excluding carboxylic acids is 1. The fraction of sp³-hybridized carbons (Fsp3) is 0.722. The van der Waals surface area contributed by atoms with E-state index in [0.29, 0.717) is 0 Å². The number of hydrogen-bond donors (Lipinski definition) is 1. The molecule has 0 saturated carbocycles. The number of esters is 1. The van der Waals surface area contributed by atoms with E-state index in [4.69, 9.17) is 4.74 Å². The van der Waals surface area contributed by atoms with Crippen LogP contribution in [0, 0.1) is 5.92 Å². The Morgan fingerprint density at radius 1 is 1.38 bits per heavy atom. The molecule has 0 aliphatic heterocycles. The summed E-state index contributed by atoms with van der Waals surface area (Å²) in [6.45, 7) is 12.6. The Bertz CT molecular complexity index is 358. The van der Waals surface area contributed by atoms with Crippen LogP contribution in [0.2, 0.25) is 0 Å². The second kappa shape index (κ2) is 11.4. The Kier molecular flexibility index (Phi) is 10.7. The van der Waals surface area contributed by atoms with E-state index in [1.165, 1.54) is 25.5 Å². The molecule has 1 aliphatic rings. The van der Waals surface area contributed by atoms with Crippen molar-refractivity contribution in [3.63, 3.8) is 0 Å². The standard InChI is InChI=1S/C15H25NO2.C3H8/c1-5-6-7-12(3)16-14-10-13(15(17)18-4)9-8-11(14)2;1-3-2/h13,16H,3,5-10H2,1-2,4H3;3H2,1-2H3. The number of rotatable bonds is 6. The van der Waals surface area contributed by atoms with E-state index in [1.807, 2.05) is 0 Å². The van der Waals surface area contributed by atoms with Crippen LogP contribution in [-0.4, -0.2) is 13.1 Å². The molecule has 0 amide bonds. The summed E-state index contributed by atoms with van der Waals surface area (Å²) < 4.78 is 4.83. The Hall–Kier alpha value is -1.25. The van der Waals surface area contributed by atoms with Gasteiger partial charge in [0, 0.05) is 17.8 Å². The van der Waals surface area contributed by atoms with E-state index < -0.39 is 0 Å². The van der Waals surface area contributed by atoms with Gasteiger partial charge < -0.3 is 10.1 Å². The number of methoxy groups -OCH3 is 1. The molecule has 0 aromatic rings. The lowest BCUT2D eigenvalue weighted by Gasteiger charge is -2.25. The molecule has 0 spiro atoms. The van der Waals surface area contributed by atoms with E-state index in [9.17, 15) is 4.79 Å². The van der Waals surface area contributed by atoms with E-state index in [2.05, 4.69) is 39.6 Å². The van der Waals surface area contributed by atoms with Crippen molar-refractivity contribution in [2.75, 3.05) is 7.11 Å². The molecule has 1 unspecified atom stereocenters. The predicted molar refractivity (Wildman–Crippen MR) is 89.8 cm³/mol. The highest BCUT2D eigenvalue weighted by molar-refractivity contribution is 5.73. The molecule has 0 bridgehead atoms. The van der Waals surface area contributed by atoms with Crippen LogP contribution < -0.4 is 5.32 Å². The number of carbonyl (C=O) groups is 1. The van der Waals surface area contributed by atoms with Gasteiger partial charge in [0.25, 0.3) is 0 Å². The maximum Gasteiger partial charge on any atom is 0.309 e. The molecule has 3 nitrogen and oxygen atoms in total. The maximum absolute atomic E-state index is 11.6. The molecule has 0 fully saturated rings. The zero-order valence-corrected chi connectivity index (χ0v) is 14.6. The zero-order chi connectivity index (χ0) is 16.3. The van der Waals surface area contributed by atoms with Crippen molar-refractivity contribution in [3.8, 4) is 0 Å². The molecule has 0 aromatic carbocycles. The molecule has 122 valence electrons. The van der Waals surface area contributed by atoms with Crippen molar-refractivity contribution >= 4 is 5.97 Å². The van der Waals surface area contributed by atoms with Gasteiger partial charge in [0.05, 0.1) is 13.0 Å². The van der Waals surface area contributed by atoms with E-state index in [-0.39, 0.29) is 11.9 Å². The second-order valence-corrected chi connectivity index (χ2v) is 5.76. The molecule has 1 rings (SSSR count). The SMILES string of the molecule is C=C(CCCC)NC1=C(C)CCC(C(=O)OC)C1.CCC. The number of unbranched alkanes of at least 4 members (excludes halogenated alkanes) is 1. The summed E-state index contributed by atoms with van der Waals surface area (Å²) >= 11 is 0. The maximum atomic E-state index is 11.6. The number of nitrogens with one attached hydrogen (secondary N) is 1. The molecule has 0 aromatic heterocycles. The third-order valence-corrected chi connectivity index (χ3v) is 3.53. The fourth-order valence-corrected chi connectivity index (χ4v) is 2.26. The lowest BCUT2D eigenvalue weighted by atomic mass is 9.87. The summed E-state index contributed by atoms with van der Waals surface area (Å²) in [4.78, 5) is 11.6. The largest absolute Gasteiger partial charge is 0.469 e. The first kappa shape index (κ1) is 19.8. The van der Waals surface area contributed by atoms with Gasteiger partial charge in [0.1, 0.15) is 0 Å². The molecule has 0 saturated heterocycles. The molecule has 0 heterocycles. The van der Waals surface area contributed by atoms with Crippen molar-refractivity contribution in [1.82, 2.24) is 5.32 Å². The van der Waals surface area contributed by atoms with Crippen molar-refractivity contribution in [2.24, 2.45) is 5.92 Å². The normalized spacial score (nSPS) is 17.7. The third kappa shape index (κ3) is 7.93. The van der Waals surface area contributed by atoms with Gasteiger partial charge >= 0.3 is 5.97 Å². The van der Waals surface area contributed by atoms with E-state index in [1.54, 1.807) is 0 Å². The first-order chi connectivity index (χ1) is 9.99. The quantitative estimate of drug-likeness (QED) is 0.705. The summed E-state index contributed by atoms with van der Waals surface area (Å²) in [5, 5.41) is 3.39. The van der Waals surface area contributed by atoms with Gasteiger partial charge in [-0.25, -0.2) is 0 Å². The molecule has 1 atom stereocenters. The van der Waals surface area contributed by atoms with Gasteiger partial charge in [-0.05, 0) is 32.6 Å². The highest BCUT2D eigenvalue weighted by Gasteiger charge is 2.25. The fourth-order valence-electron chi connectivity index (χ4n) is 2.26. The van der Waals surface area contributed by atoms with Crippen LogP contribution in [0.5, 0.6) is 0 Å². The predicted octanol–water partition coefficient (Wildman–Crippen LogP) is 4.94. The van der Waals surface area contributed by atoms with E-state index >= 15 is 0 Å². The monoisotopic (exact) mass is 295 g/mol. The smallest absolute Gasteiger partial charge is 0.309 e. The van der Waals surface area contributed by atoms with Crippen LogP contribution in [0.25, 0.3) is 0 Å². The molecule has 0 radical (unpaired) electrons. The molecule has 1 N–H and O–H groups in total. The summed E-state index contributed by atoms with van der Waals surface area (Å²) in [5.41, 5.74) is 3.56. The highest BCUT2D eigenvalue weighted by Crippen LogP contribution is 2.29. The van der Waals surface area contributed by atoms with Crippen LogP contribution in [0.15, 0.2) is 23.5 Å². The van der Waals surface area contributed by atoms with E-state index in [0.717, 1.165) is 43.5 Å². The average Bonchev–Trinajstić information content (AvgIpc) is 2.47. The van der Waals surface area contributed by atoms with Crippen LogP contribution in [0.3, 0.4) is 0 Å². The highest BCUT2D eigenvalue weighted by atomic mass is 16.5. The summed E-state index contributed by atoms with van der Waals surface area (Å²) in [5.74, 6) is -0.0962. The second-order valence-electron chi connectivity index (χ2n) is 5.76.